The molecular formula is C23H18FN7O. The molecule has 158 valence electrons. The van der Waals surface area contributed by atoms with Gasteiger partial charge in [-0.2, -0.15) is 5.10 Å². The van der Waals surface area contributed by atoms with Gasteiger partial charge in [-0.25, -0.2) is 28.8 Å². The molecule has 0 saturated heterocycles. The molecule has 4 aromatic heterocycles. The van der Waals surface area contributed by atoms with Crippen molar-refractivity contribution >= 4 is 11.4 Å². The number of nitrogens with zero attached hydrogens (tertiary/aromatic N) is 7. The average Bonchev–Trinajstić information content (AvgIpc) is 3.34. The quantitative estimate of drug-likeness (QED) is 0.399. The van der Waals surface area contributed by atoms with Crippen LogP contribution >= 0.6 is 0 Å². The summed E-state index contributed by atoms with van der Waals surface area (Å²) in [5.74, 6) is 0.392. The van der Waals surface area contributed by atoms with E-state index in [1.54, 1.807) is 22.8 Å². The van der Waals surface area contributed by atoms with Gasteiger partial charge in [-0.3, -0.25) is 4.79 Å². The second kappa shape index (κ2) is 7.77. The molecule has 0 radical (unpaired) electrons. The Bertz CT molecular complexity index is 1440. The Morgan fingerprint density at radius 3 is 2.53 bits per heavy atom. The summed E-state index contributed by atoms with van der Waals surface area (Å²) in [7, 11) is 1.91. The third kappa shape index (κ3) is 3.53. The van der Waals surface area contributed by atoms with Gasteiger partial charge in [0.05, 0.1) is 35.3 Å². The second-order valence-electron chi connectivity index (χ2n) is 7.40. The fourth-order valence-electron chi connectivity index (χ4n) is 3.56. The smallest absolute Gasteiger partial charge is 0.171 e. The van der Waals surface area contributed by atoms with Crippen LogP contribution in [0.5, 0.6) is 0 Å². The standard InChI is InChI=1S/C23H18FN7O/c1-14-27-22(15-3-5-17(24)6-4-15)23(30(14)2)19-7-8-21-28-18(12-31(21)29-19)9-20(32)16-10-25-13-26-11-16/h3-8,10-13H,9H2,1-2H3. The lowest BCUT2D eigenvalue weighted by Gasteiger charge is -2.07. The number of hydrogen-bond donors (Lipinski definition) is 0. The van der Waals surface area contributed by atoms with Gasteiger partial charge in [0.2, 0.25) is 0 Å². The van der Waals surface area contributed by atoms with Gasteiger partial charge in [0.25, 0.3) is 0 Å². The molecule has 0 spiro atoms. The molecule has 0 N–H and O–H groups in total. The Balaban J connectivity index is 1.52. The van der Waals surface area contributed by atoms with Crippen LogP contribution in [0, 0.1) is 12.7 Å². The number of Topliss-reactive ketones (excluding diaryl/α,β-unsaturated/α-hetero) is 1. The van der Waals surface area contributed by atoms with E-state index in [9.17, 15) is 9.18 Å². The van der Waals surface area contributed by atoms with Gasteiger partial charge in [-0.05, 0) is 43.3 Å². The largest absolute Gasteiger partial charge is 0.330 e. The highest BCUT2D eigenvalue weighted by Gasteiger charge is 2.18. The summed E-state index contributed by atoms with van der Waals surface area (Å²) in [5, 5.41) is 4.71. The molecule has 5 rings (SSSR count). The highest BCUT2D eigenvalue weighted by molar-refractivity contribution is 5.96. The predicted octanol–water partition coefficient (Wildman–Crippen LogP) is 3.46. The van der Waals surface area contributed by atoms with Gasteiger partial charge in [-0.15, -0.1) is 0 Å². The second-order valence-corrected chi connectivity index (χ2v) is 7.40. The van der Waals surface area contributed by atoms with E-state index < -0.39 is 0 Å². The summed E-state index contributed by atoms with van der Waals surface area (Å²) in [6.45, 7) is 1.91. The van der Waals surface area contributed by atoms with Crippen molar-refractivity contribution in [1.82, 2.24) is 34.1 Å². The molecule has 0 fully saturated rings. The van der Waals surface area contributed by atoms with E-state index in [4.69, 9.17) is 5.10 Å². The Morgan fingerprint density at radius 1 is 1.03 bits per heavy atom. The number of carbonyl (C=O) groups excluding carboxylic acids is 1. The molecule has 1 aromatic carbocycles. The first-order chi connectivity index (χ1) is 15.5. The van der Waals surface area contributed by atoms with Gasteiger partial charge in [-0.1, -0.05) is 0 Å². The number of ketones is 1. The topological polar surface area (TPSA) is 90.9 Å². The molecule has 0 amide bonds. The average molecular weight is 427 g/mol. The van der Waals surface area contributed by atoms with Crippen molar-refractivity contribution < 1.29 is 9.18 Å². The Labute approximate surface area is 182 Å². The molecule has 4 heterocycles. The van der Waals surface area contributed by atoms with E-state index in [0.717, 1.165) is 22.8 Å². The molecule has 0 bridgehead atoms. The molecule has 0 saturated carbocycles. The number of benzene rings is 1. The SMILES string of the molecule is Cc1nc(-c2ccc(F)cc2)c(-c2ccc3nc(CC(=O)c4cncnc4)cn3n2)n1C. The Hall–Kier alpha value is -4.27. The summed E-state index contributed by atoms with van der Waals surface area (Å²) in [6, 6.07) is 9.94. The lowest BCUT2D eigenvalue weighted by atomic mass is 10.1. The molecule has 0 aliphatic rings. The van der Waals surface area contributed by atoms with Crippen LogP contribution in [0.3, 0.4) is 0 Å². The van der Waals surface area contributed by atoms with Crippen LogP contribution < -0.4 is 0 Å². The van der Waals surface area contributed by atoms with Crippen molar-refractivity contribution in [2.45, 2.75) is 13.3 Å². The highest BCUT2D eigenvalue weighted by atomic mass is 19.1. The maximum atomic E-state index is 13.4. The van der Waals surface area contributed by atoms with Gasteiger partial charge >= 0.3 is 0 Å². The van der Waals surface area contributed by atoms with E-state index in [1.165, 1.54) is 30.9 Å². The van der Waals surface area contributed by atoms with Gasteiger partial charge < -0.3 is 4.57 Å². The van der Waals surface area contributed by atoms with Crippen LogP contribution in [0.15, 0.2) is 61.3 Å². The Kier molecular flexibility index (Phi) is 4.78. The number of carbonyl (C=O) groups is 1. The van der Waals surface area contributed by atoms with Crippen LogP contribution in [0.25, 0.3) is 28.3 Å². The van der Waals surface area contributed by atoms with Crippen LogP contribution in [0.1, 0.15) is 21.9 Å². The monoisotopic (exact) mass is 427 g/mol. The zero-order valence-electron chi connectivity index (χ0n) is 17.4. The first kappa shape index (κ1) is 19.7. The predicted molar refractivity (Wildman–Crippen MR) is 115 cm³/mol. The first-order valence-electron chi connectivity index (χ1n) is 9.93. The van der Waals surface area contributed by atoms with E-state index >= 15 is 0 Å². The van der Waals surface area contributed by atoms with Crippen molar-refractivity contribution in [2.24, 2.45) is 7.05 Å². The van der Waals surface area contributed by atoms with Crippen LogP contribution in [0.4, 0.5) is 4.39 Å². The number of imidazole rings is 2. The number of halogens is 1. The number of aryl methyl sites for hydroxylation is 1. The van der Waals surface area contributed by atoms with Crippen molar-refractivity contribution in [3.63, 3.8) is 0 Å². The lowest BCUT2D eigenvalue weighted by molar-refractivity contribution is 0.0991. The van der Waals surface area contributed by atoms with E-state index in [-0.39, 0.29) is 18.0 Å². The minimum absolute atomic E-state index is 0.116. The summed E-state index contributed by atoms with van der Waals surface area (Å²) in [4.78, 5) is 29.4. The molecule has 8 nitrogen and oxygen atoms in total. The molecule has 5 aromatic rings. The summed E-state index contributed by atoms with van der Waals surface area (Å²) in [5.41, 5.74) is 4.68. The molecule has 0 aliphatic carbocycles. The number of rotatable bonds is 5. The zero-order chi connectivity index (χ0) is 22.2. The maximum absolute atomic E-state index is 13.4. The van der Waals surface area contributed by atoms with Crippen molar-refractivity contribution in [3.8, 4) is 22.6 Å². The van der Waals surface area contributed by atoms with Gasteiger partial charge in [0.1, 0.15) is 23.7 Å². The normalized spacial score (nSPS) is 11.2. The van der Waals surface area contributed by atoms with Gasteiger partial charge in [0.15, 0.2) is 11.4 Å². The van der Waals surface area contributed by atoms with Crippen molar-refractivity contribution in [1.29, 1.82) is 0 Å². The molecule has 0 aliphatic heterocycles. The minimum Gasteiger partial charge on any atom is -0.330 e. The Morgan fingerprint density at radius 2 is 1.78 bits per heavy atom. The van der Waals surface area contributed by atoms with Crippen molar-refractivity contribution in [3.05, 3.63) is 84.2 Å². The number of aromatic nitrogens is 7. The van der Waals surface area contributed by atoms with Crippen LogP contribution in [0.2, 0.25) is 0 Å². The minimum atomic E-state index is -0.301. The lowest BCUT2D eigenvalue weighted by Crippen LogP contribution is -2.04. The molecule has 0 atom stereocenters. The fraction of sp³-hybridized carbons (Fsp3) is 0.130. The third-order valence-corrected chi connectivity index (χ3v) is 5.27. The van der Waals surface area contributed by atoms with Crippen LogP contribution in [-0.2, 0) is 13.5 Å². The summed E-state index contributed by atoms with van der Waals surface area (Å²) < 4.78 is 17.0. The summed E-state index contributed by atoms with van der Waals surface area (Å²) in [6.07, 6.45) is 6.22. The molecule has 9 heteroatoms. The fourth-order valence-corrected chi connectivity index (χ4v) is 3.56. The molecule has 32 heavy (non-hydrogen) atoms. The number of fused-ring (bicyclic) bond motifs is 1. The molecular weight excluding hydrogens is 409 g/mol. The van der Waals surface area contributed by atoms with Gasteiger partial charge in [0, 0.05) is 25.0 Å². The van der Waals surface area contributed by atoms with Crippen LogP contribution in [-0.4, -0.2) is 39.9 Å². The van der Waals surface area contributed by atoms with E-state index in [2.05, 4.69) is 19.9 Å². The summed E-state index contributed by atoms with van der Waals surface area (Å²) >= 11 is 0. The number of hydrogen-bond acceptors (Lipinski definition) is 6. The third-order valence-electron chi connectivity index (χ3n) is 5.27. The van der Waals surface area contributed by atoms with Crippen molar-refractivity contribution in [2.75, 3.05) is 0 Å². The maximum Gasteiger partial charge on any atom is 0.171 e. The van der Waals surface area contributed by atoms with E-state index in [0.29, 0.717) is 22.6 Å². The first-order valence-corrected chi connectivity index (χ1v) is 9.93. The zero-order valence-corrected chi connectivity index (χ0v) is 17.4. The highest BCUT2D eigenvalue weighted by Crippen LogP contribution is 2.31. The van der Waals surface area contributed by atoms with E-state index in [1.807, 2.05) is 30.7 Å². The molecule has 0 unspecified atom stereocenters.